The summed E-state index contributed by atoms with van der Waals surface area (Å²) in [6.45, 7) is 2.68. The van der Waals surface area contributed by atoms with Crippen molar-refractivity contribution in [2.45, 2.75) is 6.42 Å². The van der Waals surface area contributed by atoms with Crippen LogP contribution < -0.4 is 10.2 Å². The summed E-state index contributed by atoms with van der Waals surface area (Å²) in [5, 5.41) is 2.68. The first-order valence-corrected chi connectivity index (χ1v) is 8.67. The molecule has 1 saturated heterocycles. The molecular formula is C20H21FN2O4. The Morgan fingerprint density at radius 1 is 1.19 bits per heavy atom. The van der Waals surface area contributed by atoms with Crippen LogP contribution in [0.25, 0.3) is 0 Å². The highest BCUT2D eigenvalue weighted by Gasteiger charge is 2.19. The summed E-state index contributed by atoms with van der Waals surface area (Å²) in [7, 11) is 1.29. The number of nitrogens with zero attached hydrogens (tertiary/aromatic N) is 1. The van der Waals surface area contributed by atoms with E-state index in [1.807, 2.05) is 6.07 Å². The van der Waals surface area contributed by atoms with Gasteiger partial charge in [0.25, 0.3) is 0 Å². The number of amides is 1. The first kappa shape index (κ1) is 18.8. The minimum atomic E-state index is -0.550. The maximum atomic E-state index is 13.7. The number of methoxy groups -OCH3 is 1. The van der Waals surface area contributed by atoms with Gasteiger partial charge in [-0.1, -0.05) is 18.2 Å². The molecule has 1 amide bonds. The predicted molar refractivity (Wildman–Crippen MR) is 99.5 cm³/mol. The van der Waals surface area contributed by atoms with E-state index >= 15 is 0 Å². The van der Waals surface area contributed by atoms with E-state index in [0.29, 0.717) is 24.5 Å². The molecule has 27 heavy (non-hydrogen) atoms. The average Bonchev–Trinajstić information content (AvgIpc) is 2.70. The van der Waals surface area contributed by atoms with Crippen molar-refractivity contribution in [3.05, 3.63) is 59.4 Å². The second kappa shape index (κ2) is 8.64. The topological polar surface area (TPSA) is 67.9 Å². The Morgan fingerprint density at radius 2 is 1.93 bits per heavy atom. The SMILES string of the molecule is COC(=O)c1cc(N2CCOCC2)ccc1NC(=O)Cc1ccccc1F. The van der Waals surface area contributed by atoms with Crippen LogP contribution in [0.2, 0.25) is 0 Å². The normalized spacial score (nSPS) is 13.9. The summed E-state index contributed by atoms with van der Waals surface area (Å²) in [5.74, 6) is -1.40. The molecule has 0 spiro atoms. The molecule has 7 heteroatoms. The van der Waals surface area contributed by atoms with Crippen molar-refractivity contribution < 1.29 is 23.5 Å². The van der Waals surface area contributed by atoms with E-state index in [0.717, 1.165) is 18.8 Å². The van der Waals surface area contributed by atoms with Crippen molar-refractivity contribution in [1.29, 1.82) is 0 Å². The average molecular weight is 372 g/mol. The van der Waals surface area contributed by atoms with Crippen LogP contribution in [0.3, 0.4) is 0 Å². The van der Waals surface area contributed by atoms with Crippen LogP contribution in [0.15, 0.2) is 42.5 Å². The lowest BCUT2D eigenvalue weighted by Crippen LogP contribution is -2.36. The maximum Gasteiger partial charge on any atom is 0.340 e. The number of esters is 1. The summed E-state index contributed by atoms with van der Waals surface area (Å²) in [4.78, 5) is 26.6. The first-order valence-electron chi connectivity index (χ1n) is 8.67. The number of carbonyl (C=O) groups excluding carboxylic acids is 2. The largest absolute Gasteiger partial charge is 0.465 e. The molecule has 6 nitrogen and oxygen atoms in total. The third kappa shape index (κ3) is 4.62. The van der Waals surface area contributed by atoms with E-state index in [9.17, 15) is 14.0 Å². The molecule has 1 N–H and O–H groups in total. The van der Waals surface area contributed by atoms with Gasteiger partial charge >= 0.3 is 5.97 Å². The summed E-state index contributed by atoms with van der Waals surface area (Å²) in [6, 6.07) is 11.3. The fourth-order valence-electron chi connectivity index (χ4n) is 2.95. The van der Waals surface area contributed by atoms with Crippen molar-refractivity contribution >= 4 is 23.3 Å². The number of rotatable bonds is 5. The fourth-order valence-corrected chi connectivity index (χ4v) is 2.95. The van der Waals surface area contributed by atoms with Crippen LogP contribution in [-0.2, 0) is 20.7 Å². The van der Waals surface area contributed by atoms with E-state index in [-0.39, 0.29) is 12.0 Å². The minimum absolute atomic E-state index is 0.126. The summed E-state index contributed by atoms with van der Waals surface area (Å²) < 4.78 is 23.9. The Labute approximate surface area is 156 Å². The Bertz CT molecular complexity index is 834. The van der Waals surface area contributed by atoms with E-state index in [4.69, 9.17) is 9.47 Å². The number of carbonyl (C=O) groups is 2. The number of morpholine rings is 1. The standard InChI is InChI=1S/C20H21FN2O4/c1-26-20(25)16-13-15(23-8-10-27-11-9-23)6-7-18(16)22-19(24)12-14-4-2-3-5-17(14)21/h2-7,13H,8-12H2,1H3,(H,22,24). The van der Waals surface area contributed by atoms with Gasteiger partial charge in [0, 0.05) is 18.8 Å². The maximum absolute atomic E-state index is 13.7. The Morgan fingerprint density at radius 3 is 2.63 bits per heavy atom. The molecule has 0 unspecified atom stereocenters. The van der Waals surface area contributed by atoms with Gasteiger partial charge in [0.15, 0.2) is 0 Å². The number of halogens is 1. The molecule has 0 aliphatic carbocycles. The third-order valence-electron chi connectivity index (χ3n) is 4.37. The molecule has 3 rings (SSSR count). The molecule has 0 atom stereocenters. The highest BCUT2D eigenvalue weighted by Crippen LogP contribution is 2.25. The van der Waals surface area contributed by atoms with Crippen LogP contribution in [0, 0.1) is 5.82 Å². The number of nitrogens with one attached hydrogen (secondary N) is 1. The molecule has 2 aromatic carbocycles. The lowest BCUT2D eigenvalue weighted by atomic mass is 10.1. The molecule has 1 fully saturated rings. The fraction of sp³-hybridized carbons (Fsp3) is 0.300. The molecule has 0 saturated carbocycles. The van der Waals surface area contributed by atoms with E-state index in [1.54, 1.807) is 30.3 Å². The van der Waals surface area contributed by atoms with Crippen molar-refractivity contribution in [1.82, 2.24) is 0 Å². The molecule has 0 bridgehead atoms. The number of ether oxygens (including phenoxy) is 2. The minimum Gasteiger partial charge on any atom is -0.465 e. The second-order valence-electron chi connectivity index (χ2n) is 6.14. The predicted octanol–water partition coefficient (Wildman–Crippen LogP) is 2.63. The van der Waals surface area contributed by atoms with Crippen LogP contribution in [-0.4, -0.2) is 45.3 Å². The lowest BCUT2D eigenvalue weighted by Gasteiger charge is -2.29. The van der Waals surface area contributed by atoms with Gasteiger partial charge in [-0.2, -0.15) is 0 Å². The zero-order valence-corrected chi connectivity index (χ0v) is 15.0. The summed E-state index contributed by atoms with van der Waals surface area (Å²) in [6.07, 6.45) is -0.126. The number of anilines is 2. The van der Waals surface area contributed by atoms with Crippen LogP contribution >= 0.6 is 0 Å². The van der Waals surface area contributed by atoms with E-state index in [1.165, 1.54) is 13.2 Å². The van der Waals surface area contributed by atoms with Crippen molar-refractivity contribution in [2.24, 2.45) is 0 Å². The van der Waals surface area contributed by atoms with Gasteiger partial charge in [-0.05, 0) is 29.8 Å². The number of hydrogen-bond acceptors (Lipinski definition) is 5. The molecular weight excluding hydrogens is 351 g/mol. The Kier molecular flexibility index (Phi) is 6.03. The highest BCUT2D eigenvalue weighted by atomic mass is 19.1. The van der Waals surface area contributed by atoms with Gasteiger partial charge in [0.1, 0.15) is 5.82 Å². The van der Waals surface area contributed by atoms with Gasteiger partial charge in [0.05, 0.1) is 38.0 Å². The summed E-state index contributed by atoms with van der Waals surface area (Å²) >= 11 is 0. The zero-order valence-electron chi connectivity index (χ0n) is 15.0. The first-order chi connectivity index (χ1) is 13.1. The number of benzene rings is 2. The van der Waals surface area contributed by atoms with Crippen LogP contribution in [0.1, 0.15) is 15.9 Å². The van der Waals surface area contributed by atoms with Gasteiger partial charge in [-0.25, -0.2) is 9.18 Å². The molecule has 1 aliphatic heterocycles. The van der Waals surface area contributed by atoms with Gasteiger partial charge in [-0.3, -0.25) is 4.79 Å². The van der Waals surface area contributed by atoms with E-state index < -0.39 is 17.7 Å². The second-order valence-corrected chi connectivity index (χ2v) is 6.14. The third-order valence-corrected chi connectivity index (χ3v) is 4.37. The highest BCUT2D eigenvalue weighted by molar-refractivity contribution is 6.02. The van der Waals surface area contributed by atoms with Gasteiger partial charge in [-0.15, -0.1) is 0 Å². The molecule has 1 heterocycles. The van der Waals surface area contributed by atoms with E-state index in [2.05, 4.69) is 10.2 Å². The smallest absolute Gasteiger partial charge is 0.340 e. The van der Waals surface area contributed by atoms with Crippen molar-refractivity contribution in [2.75, 3.05) is 43.6 Å². The van der Waals surface area contributed by atoms with Crippen LogP contribution in [0.5, 0.6) is 0 Å². The molecule has 0 radical (unpaired) electrons. The zero-order chi connectivity index (χ0) is 19.2. The Hall–Kier alpha value is -2.93. The molecule has 142 valence electrons. The monoisotopic (exact) mass is 372 g/mol. The van der Waals surface area contributed by atoms with Gasteiger partial charge < -0.3 is 19.7 Å². The van der Waals surface area contributed by atoms with Crippen molar-refractivity contribution in [3.63, 3.8) is 0 Å². The molecule has 2 aromatic rings. The Balaban J connectivity index is 1.80. The van der Waals surface area contributed by atoms with Crippen molar-refractivity contribution in [3.8, 4) is 0 Å². The molecule has 1 aliphatic rings. The summed E-state index contributed by atoms with van der Waals surface area (Å²) in [5.41, 5.74) is 1.73. The number of hydrogen-bond donors (Lipinski definition) is 1. The van der Waals surface area contributed by atoms with Crippen LogP contribution in [0.4, 0.5) is 15.8 Å². The molecule has 0 aromatic heterocycles. The van der Waals surface area contributed by atoms with Gasteiger partial charge in [0.2, 0.25) is 5.91 Å². The quantitative estimate of drug-likeness (QED) is 0.818. The lowest BCUT2D eigenvalue weighted by molar-refractivity contribution is -0.115.